The Kier molecular flexibility index (Phi) is 9.44. The summed E-state index contributed by atoms with van der Waals surface area (Å²) in [5, 5.41) is 2.68. The summed E-state index contributed by atoms with van der Waals surface area (Å²) in [5.41, 5.74) is 5.07. The Balaban J connectivity index is 2.57. The Hall–Kier alpha value is -2.93. The molecule has 1 atom stereocenters. The van der Waals surface area contributed by atoms with Crippen molar-refractivity contribution in [1.29, 1.82) is 0 Å². The van der Waals surface area contributed by atoms with Gasteiger partial charge in [-0.2, -0.15) is 0 Å². The van der Waals surface area contributed by atoms with E-state index in [1.54, 1.807) is 46.8 Å². The van der Waals surface area contributed by atoms with E-state index in [-0.39, 0.29) is 18.6 Å². The second kappa shape index (κ2) is 11.7. The Bertz CT molecular complexity index is 1050. The van der Waals surface area contributed by atoms with Crippen molar-refractivity contribution in [1.82, 2.24) is 10.2 Å². The number of rotatable bonds is 8. The molecule has 0 saturated heterocycles. The van der Waals surface area contributed by atoms with Gasteiger partial charge in [-0.3, -0.25) is 4.79 Å². The first-order valence-corrected chi connectivity index (χ1v) is 11.9. The molecule has 2 rings (SSSR count). The number of benzene rings is 2. The standard InChI is InChI=1S/C28H39FN2O4/c1-10-34-24(32)15-23(30-27(33)35-28(5,6)7)22-14-21(13-19(4)26(22)29)25-17(2)11-20(12-18(25)3)16-31(8)9/h11-14,23H,10,15-16H2,1-9H3,(H,30,33)/t23-/m0/s1. The summed E-state index contributed by atoms with van der Waals surface area (Å²) in [4.78, 5) is 27.0. The van der Waals surface area contributed by atoms with Crippen molar-refractivity contribution >= 4 is 12.1 Å². The second-order valence-electron chi connectivity index (χ2n) is 10.2. The molecule has 0 fully saturated rings. The number of carbonyl (C=O) groups is 2. The van der Waals surface area contributed by atoms with Crippen LogP contribution in [0.25, 0.3) is 11.1 Å². The molecule has 0 saturated carbocycles. The molecule has 0 heterocycles. The zero-order chi connectivity index (χ0) is 26.5. The van der Waals surface area contributed by atoms with E-state index < -0.39 is 29.5 Å². The zero-order valence-electron chi connectivity index (χ0n) is 22.5. The minimum atomic E-state index is -0.948. The average molecular weight is 487 g/mol. The van der Waals surface area contributed by atoms with Gasteiger partial charge >= 0.3 is 12.1 Å². The molecule has 0 bridgehead atoms. The van der Waals surface area contributed by atoms with Crippen LogP contribution < -0.4 is 5.32 Å². The Morgan fingerprint density at radius 3 is 2.14 bits per heavy atom. The summed E-state index contributed by atoms with van der Waals surface area (Å²) in [6.07, 6.45) is -0.943. The second-order valence-corrected chi connectivity index (χ2v) is 10.2. The average Bonchev–Trinajstić information content (AvgIpc) is 2.67. The number of hydrogen-bond donors (Lipinski definition) is 1. The summed E-state index contributed by atoms with van der Waals surface area (Å²) in [6.45, 7) is 13.7. The van der Waals surface area contributed by atoms with Gasteiger partial charge in [0.25, 0.3) is 0 Å². The lowest BCUT2D eigenvalue weighted by Gasteiger charge is -2.25. The maximum absolute atomic E-state index is 15.4. The number of amides is 1. The normalized spacial score (nSPS) is 12.4. The number of carbonyl (C=O) groups excluding carboxylic acids is 2. The van der Waals surface area contributed by atoms with Crippen LogP contribution >= 0.6 is 0 Å². The third-order valence-electron chi connectivity index (χ3n) is 5.41. The maximum Gasteiger partial charge on any atom is 0.408 e. The summed E-state index contributed by atoms with van der Waals surface area (Å²) < 4.78 is 25.9. The third kappa shape index (κ3) is 8.06. The van der Waals surface area contributed by atoms with Gasteiger partial charge in [0.15, 0.2) is 0 Å². The predicted octanol–water partition coefficient (Wildman–Crippen LogP) is 6.00. The quantitative estimate of drug-likeness (QED) is 0.464. The minimum absolute atomic E-state index is 0.192. The van der Waals surface area contributed by atoms with Gasteiger partial charge in [0.1, 0.15) is 11.4 Å². The van der Waals surface area contributed by atoms with E-state index in [0.29, 0.717) is 5.56 Å². The molecule has 6 nitrogen and oxygen atoms in total. The molecule has 192 valence electrons. The van der Waals surface area contributed by atoms with Gasteiger partial charge in [-0.05, 0) is 108 Å². The van der Waals surface area contributed by atoms with Crippen molar-refractivity contribution in [3.63, 3.8) is 0 Å². The summed E-state index contributed by atoms with van der Waals surface area (Å²) in [6, 6.07) is 6.83. The molecule has 1 amide bonds. The molecule has 35 heavy (non-hydrogen) atoms. The number of nitrogens with zero attached hydrogens (tertiary/aromatic N) is 1. The Morgan fingerprint density at radius 1 is 1.03 bits per heavy atom. The van der Waals surface area contributed by atoms with Gasteiger partial charge in [-0.1, -0.05) is 12.1 Å². The fourth-order valence-electron chi connectivity index (χ4n) is 4.23. The van der Waals surface area contributed by atoms with Gasteiger partial charge < -0.3 is 19.7 Å². The minimum Gasteiger partial charge on any atom is -0.466 e. The van der Waals surface area contributed by atoms with E-state index in [1.807, 2.05) is 27.9 Å². The molecular weight excluding hydrogens is 447 g/mol. The lowest BCUT2D eigenvalue weighted by Crippen LogP contribution is -2.36. The third-order valence-corrected chi connectivity index (χ3v) is 5.41. The number of alkyl carbamates (subject to hydrolysis) is 1. The first-order chi connectivity index (χ1) is 16.2. The highest BCUT2D eigenvalue weighted by atomic mass is 19.1. The molecule has 7 heteroatoms. The van der Waals surface area contributed by atoms with Gasteiger partial charge in [0, 0.05) is 12.1 Å². The van der Waals surface area contributed by atoms with E-state index in [4.69, 9.17) is 9.47 Å². The number of aryl methyl sites for hydroxylation is 3. The number of halogens is 1. The maximum atomic E-state index is 15.4. The lowest BCUT2D eigenvalue weighted by molar-refractivity contribution is -0.143. The van der Waals surface area contributed by atoms with Gasteiger partial charge in [0.05, 0.1) is 19.1 Å². The first-order valence-electron chi connectivity index (χ1n) is 11.9. The highest BCUT2D eigenvalue weighted by Crippen LogP contribution is 2.34. The monoisotopic (exact) mass is 486 g/mol. The number of hydrogen-bond acceptors (Lipinski definition) is 5. The molecule has 0 aromatic heterocycles. The molecule has 2 aromatic carbocycles. The topological polar surface area (TPSA) is 67.9 Å². The van der Waals surface area contributed by atoms with Crippen LogP contribution in [0, 0.1) is 26.6 Å². The van der Waals surface area contributed by atoms with E-state index in [9.17, 15) is 9.59 Å². The number of nitrogens with one attached hydrogen (secondary N) is 1. The van der Waals surface area contributed by atoms with Crippen LogP contribution in [0.3, 0.4) is 0 Å². The van der Waals surface area contributed by atoms with E-state index in [0.717, 1.165) is 28.8 Å². The highest BCUT2D eigenvalue weighted by molar-refractivity contribution is 5.76. The smallest absolute Gasteiger partial charge is 0.408 e. The molecule has 1 N–H and O–H groups in total. The van der Waals surface area contributed by atoms with Crippen molar-refractivity contribution in [2.24, 2.45) is 0 Å². The van der Waals surface area contributed by atoms with Crippen LogP contribution in [0.4, 0.5) is 9.18 Å². The van der Waals surface area contributed by atoms with Crippen molar-refractivity contribution in [2.45, 2.75) is 73.1 Å². The fraction of sp³-hybridized carbons (Fsp3) is 0.500. The molecule has 2 aromatic rings. The Labute approximate surface area is 208 Å². The number of esters is 1. The van der Waals surface area contributed by atoms with Crippen LogP contribution in [0.2, 0.25) is 0 Å². The zero-order valence-corrected chi connectivity index (χ0v) is 22.5. The predicted molar refractivity (Wildman–Crippen MR) is 137 cm³/mol. The lowest BCUT2D eigenvalue weighted by atomic mass is 9.89. The molecule has 0 radical (unpaired) electrons. The molecule has 0 unspecified atom stereocenters. The summed E-state index contributed by atoms with van der Waals surface area (Å²) >= 11 is 0. The Morgan fingerprint density at radius 2 is 1.63 bits per heavy atom. The van der Waals surface area contributed by atoms with Crippen LogP contribution in [0.5, 0.6) is 0 Å². The molecule has 0 spiro atoms. The molecule has 0 aliphatic heterocycles. The van der Waals surface area contributed by atoms with Crippen LogP contribution in [-0.4, -0.2) is 43.3 Å². The first kappa shape index (κ1) is 28.3. The highest BCUT2D eigenvalue weighted by Gasteiger charge is 2.27. The van der Waals surface area contributed by atoms with Crippen LogP contribution in [0.15, 0.2) is 24.3 Å². The van der Waals surface area contributed by atoms with Crippen molar-refractivity contribution in [3.8, 4) is 11.1 Å². The largest absolute Gasteiger partial charge is 0.466 e. The van der Waals surface area contributed by atoms with Gasteiger partial charge in [0.2, 0.25) is 0 Å². The summed E-state index contributed by atoms with van der Waals surface area (Å²) in [7, 11) is 4.05. The SMILES string of the molecule is CCOC(=O)C[C@H](NC(=O)OC(C)(C)C)c1cc(-c2c(C)cc(CN(C)C)cc2C)cc(C)c1F. The van der Waals surface area contributed by atoms with Gasteiger partial charge in [-0.25, -0.2) is 9.18 Å². The number of ether oxygens (including phenoxy) is 2. The molecule has 0 aliphatic rings. The van der Waals surface area contributed by atoms with Crippen molar-refractivity contribution < 1.29 is 23.5 Å². The van der Waals surface area contributed by atoms with Crippen LogP contribution in [0.1, 0.15) is 68.0 Å². The van der Waals surface area contributed by atoms with E-state index in [1.165, 1.54) is 5.56 Å². The molecular formula is C28H39FN2O4. The van der Waals surface area contributed by atoms with Crippen molar-refractivity contribution in [2.75, 3.05) is 20.7 Å². The summed E-state index contributed by atoms with van der Waals surface area (Å²) in [5.74, 6) is -1.00. The van der Waals surface area contributed by atoms with E-state index in [2.05, 4.69) is 22.3 Å². The van der Waals surface area contributed by atoms with Gasteiger partial charge in [-0.15, -0.1) is 0 Å². The van der Waals surface area contributed by atoms with E-state index >= 15 is 4.39 Å². The van der Waals surface area contributed by atoms with Crippen molar-refractivity contribution in [3.05, 3.63) is 57.9 Å². The van der Waals surface area contributed by atoms with Crippen LogP contribution in [-0.2, 0) is 20.8 Å². The molecule has 0 aliphatic carbocycles. The fourth-order valence-corrected chi connectivity index (χ4v) is 4.23.